The van der Waals surface area contributed by atoms with Crippen LogP contribution in [0.5, 0.6) is 0 Å². The third kappa shape index (κ3) is 3.63. The largest absolute Gasteiger partial charge is 0.416 e. The van der Waals surface area contributed by atoms with Crippen molar-refractivity contribution in [1.29, 1.82) is 0 Å². The van der Waals surface area contributed by atoms with E-state index in [1.54, 1.807) is 0 Å². The Hall–Kier alpha value is -1.40. The molecule has 6 heteroatoms. The SMILES string of the molecule is CCCNC(c1cnccc1C(F)(F)F)c1sccc1C. The van der Waals surface area contributed by atoms with E-state index in [1.807, 2.05) is 25.3 Å². The van der Waals surface area contributed by atoms with E-state index >= 15 is 0 Å². The van der Waals surface area contributed by atoms with Gasteiger partial charge in [0.05, 0.1) is 11.6 Å². The molecule has 0 aromatic carbocycles. The van der Waals surface area contributed by atoms with Crippen molar-refractivity contribution in [3.63, 3.8) is 0 Å². The Labute approximate surface area is 126 Å². The molecule has 2 heterocycles. The van der Waals surface area contributed by atoms with E-state index in [2.05, 4.69) is 10.3 Å². The lowest BCUT2D eigenvalue weighted by Crippen LogP contribution is -2.26. The normalized spacial score (nSPS) is 13.4. The molecule has 0 fully saturated rings. The van der Waals surface area contributed by atoms with Gasteiger partial charge in [-0.15, -0.1) is 11.3 Å². The maximum Gasteiger partial charge on any atom is 0.416 e. The molecule has 1 unspecified atom stereocenters. The summed E-state index contributed by atoms with van der Waals surface area (Å²) in [6, 6.07) is 2.48. The van der Waals surface area contributed by atoms with Crippen LogP contribution in [0.25, 0.3) is 0 Å². The van der Waals surface area contributed by atoms with E-state index in [9.17, 15) is 13.2 Å². The summed E-state index contributed by atoms with van der Waals surface area (Å²) in [5.41, 5.74) is 0.550. The first kappa shape index (κ1) is 16.0. The number of nitrogens with one attached hydrogen (secondary N) is 1. The van der Waals surface area contributed by atoms with Crippen molar-refractivity contribution in [2.24, 2.45) is 0 Å². The Morgan fingerprint density at radius 3 is 2.67 bits per heavy atom. The number of hydrogen-bond donors (Lipinski definition) is 1. The Balaban J connectivity index is 2.50. The Morgan fingerprint density at radius 1 is 1.33 bits per heavy atom. The van der Waals surface area contributed by atoms with Crippen molar-refractivity contribution in [1.82, 2.24) is 10.3 Å². The molecule has 1 N–H and O–H groups in total. The molecule has 0 aliphatic rings. The summed E-state index contributed by atoms with van der Waals surface area (Å²) in [4.78, 5) is 4.80. The summed E-state index contributed by atoms with van der Waals surface area (Å²) < 4.78 is 39.7. The summed E-state index contributed by atoms with van der Waals surface area (Å²) in [5.74, 6) is 0. The number of aromatic nitrogens is 1. The average molecular weight is 314 g/mol. The van der Waals surface area contributed by atoms with Crippen molar-refractivity contribution in [3.05, 3.63) is 51.5 Å². The monoisotopic (exact) mass is 314 g/mol. The molecule has 0 amide bonds. The fraction of sp³-hybridized carbons (Fsp3) is 0.400. The standard InChI is InChI=1S/C15H17F3N2S/c1-3-6-20-13(14-10(2)5-8-21-14)11-9-19-7-4-12(11)15(16,17)18/h4-5,7-9,13,20H,3,6H2,1-2H3. The van der Waals surface area contributed by atoms with Gasteiger partial charge in [-0.3, -0.25) is 4.98 Å². The van der Waals surface area contributed by atoms with Gasteiger partial charge in [0.15, 0.2) is 0 Å². The fourth-order valence-electron chi connectivity index (χ4n) is 2.21. The number of thiophene rings is 1. The number of rotatable bonds is 5. The topological polar surface area (TPSA) is 24.9 Å². The molecule has 2 nitrogen and oxygen atoms in total. The van der Waals surface area contributed by atoms with Crippen molar-refractivity contribution in [2.75, 3.05) is 6.54 Å². The highest BCUT2D eigenvalue weighted by atomic mass is 32.1. The molecule has 0 saturated carbocycles. The average Bonchev–Trinajstić information content (AvgIpc) is 2.85. The van der Waals surface area contributed by atoms with E-state index in [0.717, 1.165) is 22.9 Å². The molecule has 0 bridgehead atoms. The summed E-state index contributed by atoms with van der Waals surface area (Å²) in [5, 5.41) is 5.11. The van der Waals surface area contributed by atoms with Crippen LogP contribution in [0.15, 0.2) is 29.9 Å². The highest BCUT2D eigenvalue weighted by molar-refractivity contribution is 7.10. The van der Waals surface area contributed by atoms with Gasteiger partial charge in [-0.1, -0.05) is 6.92 Å². The van der Waals surface area contributed by atoms with E-state index in [-0.39, 0.29) is 5.56 Å². The van der Waals surface area contributed by atoms with Crippen LogP contribution in [-0.4, -0.2) is 11.5 Å². The van der Waals surface area contributed by atoms with Crippen LogP contribution in [0.3, 0.4) is 0 Å². The van der Waals surface area contributed by atoms with Gasteiger partial charge in [-0.05, 0) is 43.0 Å². The summed E-state index contributed by atoms with van der Waals surface area (Å²) in [6.07, 6.45) is -1.03. The van der Waals surface area contributed by atoms with Crippen LogP contribution in [-0.2, 0) is 6.18 Å². The van der Waals surface area contributed by atoms with E-state index in [0.29, 0.717) is 6.54 Å². The first-order valence-electron chi connectivity index (χ1n) is 6.73. The highest BCUT2D eigenvalue weighted by Gasteiger charge is 2.36. The molecule has 114 valence electrons. The lowest BCUT2D eigenvalue weighted by Gasteiger charge is -2.22. The van der Waals surface area contributed by atoms with E-state index < -0.39 is 17.8 Å². The molecular formula is C15H17F3N2S. The zero-order chi connectivity index (χ0) is 15.5. The zero-order valence-corrected chi connectivity index (χ0v) is 12.7. The lowest BCUT2D eigenvalue weighted by atomic mass is 9.99. The summed E-state index contributed by atoms with van der Waals surface area (Å²) in [6.45, 7) is 4.55. The van der Waals surface area contributed by atoms with Gasteiger partial charge in [0, 0.05) is 22.8 Å². The van der Waals surface area contributed by atoms with Crippen molar-refractivity contribution < 1.29 is 13.2 Å². The van der Waals surface area contributed by atoms with Gasteiger partial charge in [-0.25, -0.2) is 0 Å². The predicted octanol–water partition coefficient (Wildman–Crippen LogP) is 4.56. The minimum Gasteiger partial charge on any atom is -0.306 e. The minimum atomic E-state index is -4.38. The number of aryl methyl sites for hydroxylation is 1. The second-order valence-electron chi connectivity index (χ2n) is 4.82. The first-order valence-corrected chi connectivity index (χ1v) is 7.61. The zero-order valence-electron chi connectivity index (χ0n) is 11.9. The number of halogens is 3. The van der Waals surface area contributed by atoms with E-state index in [1.165, 1.54) is 23.7 Å². The predicted molar refractivity (Wildman–Crippen MR) is 78.4 cm³/mol. The van der Waals surface area contributed by atoms with Crippen molar-refractivity contribution >= 4 is 11.3 Å². The molecule has 21 heavy (non-hydrogen) atoms. The maximum absolute atomic E-state index is 13.2. The molecule has 2 aromatic heterocycles. The van der Waals surface area contributed by atoms with Gasteiger partial charge in [-0.2, -0.15) is 13.2 Å². The van der Waals surface area contributed by atoms with Crippen LogP contribution in [0, 0.1) is 6.92 Å². The molecule has 0 saturated heterocycles. The maximum atomic E-state index is 13.2. The number of nitrogens with zero attached hydrogens (tertiary/aromatic N) is 1. The van der Waals surface area contributed by atoms with E-state index in [4.69, 9.17) is 0 Å². The van der Waals surface area contributed by atoms with Gasteiger partial charge in [0.1, 0.15) is 0 Å². The third-order valence-corrected chi connectivity index (χ3v) is 4.31. The van der Waals surface area contributed by atoms with Crippen molar-refractivity contribution in [3.8, 4) is 0 Å². The smallest absolute Gasteiger partial charge is 0.306 e. The highest BCUT2D eigenvalue weighted by Crippen LogP contribution is 2.38. The van der Waals surface area contributed by atoms with Crippen LogP contribution >= 0.6 is 11.3 Å². The quantitative estimate of drug-likeness (QED) is 0.875. The lowest BCUT2D eigenvalue weighted by molar-refractivity contribution is -0.138. The third-order valence-electron chi connectivity index (χ3n) is 3.23. The first-order chi connectivity index (χ1) is 9.95. The summed E-state index contributed by atoms with van der Waals surface area (Å²) in [7, 11) is 0. The molecule has 0 aliphatic carbocycles. The number of alkyl halides is 3. The fourth-order valence-corrected chi connectivity index (χ4v) is 3.23. The Kier molecular flexibility index (Phi) is 5.00. The molecule has 1 atom stereocenters. The number of hydrogen-bond acceptors (Lipinski definition) is 3. The number of pyridine rings is 1. The van der Waals surface area contributed by atoms with Gasteiger partial charge in [0.25, 0.3) is 0 Å². The second kappa shape index (κ2) is 6.58. The second-order valence-corrected chi connectivity index (χ2v) is 5.76. The van der Waals surface area contributed by atoms with Crippen LogP contribution < -0.4 is 5.32 Å². The summed E-state index contributed by atoms with van der Waals surface area (Å²) >= 11 is 1.46. The molecule has 2 rings (SSSR count). The molecule has 0 radical (unpaired) electrons. The molecule has 2 aromatic rings. The molecular weight excluding hydrogens is 297 g/mol. The van der Waals surface area contributed by atoms with Gasteiger partial charge >= 0.3 is 6.18 Å². The van der Waals surface area contributed by atoms with Crippen LogP contribution in [0.1, 0.15) is 41.0 Å². The Morgan fingerprint density at radius 2 is 2.10 bits per heavy atom. The minimum absolute atomic E-state index is 0.184. The molecule has 0 spiro atoms. The van der Waals surface area contributed by atoms with Crippen molar-refractivity contribution in [2.45, 2.75) is 32.5 Å². The van der Waals surface area contributed by atoms with Gasteiger partial charge in [0.2, 0.25) is 0 Å². The Bertz CT molecular complexity index is 593. The van der Waals surface area contributed by atoms with Crippen LogP contribution in [0.2, 0.25) is 0 Å². The molecule has 0 aliphatic heterocycles. The van der Waals surface area contributed by atoms with Crippen LogP contribution in [0.4, 0.5) is 13.2 Å². The van der Waals surface area contributed by atoms with Gasteiger partial charge < -0.3 is 5.32 Å².